The van der Waals surface area contributed by atoms with E-state index in [0.717, 1.165) is 0 Å². The van der Waals surface area contributed by atoms with E-state index in [1.165, 1.54) is 7.11 Å². The molecule has 6 nitrogen and oxygen atoms in total. The summed E-state index contributed by atoms with van der Waals surface area (Å²) in [6, 6.07) is 0. The Balaban J connectivity index is 2.72. The Morgan fingerprint density at radius 1 is 1.64 bits per heavy atom. The predicted molar refractivity (Wildman–Crippen MR) is 45.7 cm³/mol. The zero-order valence-electron chi connectivity index (χ0n) is 8.31. The number of aromatic nitrogens is 2. The molecular weight excluding hydrogens is 188 g/mol. The summed E-state index contributed by atoms with van der Waals surface area (Å²) < 4.78 is 14.4. The smallest absolute Gasteiger partial charge is 0.379 e. The molecule has 1 heterocycles. The normalized spacial score (nSPS) is 12.5. The van der Waals surface area contributed by atoms with Crippen LogP contribution in [0.2, 0.25) is 0 Å². The number of hydrogen-bond acceptors (Lipinski definition) is 6. The van der Waals surface area contributed by atoms with Crippen molar-refractivity contribution >= 4 is 5.97 Å². The molecule has 0 N–H and O–H groups in total. The Hall–Kier alpha value is -1.43. The monoisotopic (exact) mass is 200 g/mol. The van der Waals surface area contributed by atoms with Gasteiger partial charge in [0.25, 0.3) is 11.7 Å². The van der Waals surface area contributed by atoms with Crippen LogP contribution in [-0.2, 0) is 9.47 Å². The van der Waals surface area contributed by atoms with Gasteiger partial charge >= 0.3 is 5.97 Å². The molecule has 0 aliphatic carbocycles. The van der Waals surface area contributed by atoms with E-state index >= 15 is 0 Å². The van der Waals surface area contributed by atoms with E-state index in [0.29, 0.717) is 0 Å². The van der Waals surface area contributed by atoms with Gasteiger partial charge in [-0.25, -0.2) is 4.79 Å². The Kier molecular flexibility index (Phi) is 3.58. The maximum atomic E-state index is 11.1. The molecule has 6 heteroatoms. The second-order valence-electron chi connectivity index (χ2n) is 2.55. The Labute approximate surface area is 81.2 Å². The van der Waals surface area contributed by atoms with Gasteiger partial charge in [-0.2, -0.15) is 4.98 Å². The lowest BCUT2D eigenvalue weighted by atomic mass is 10.4. The molecule has 0 bridgehead atoms. The highest BCUT2D eigenvalue weighted by Gasteiger charge is 2.18. The maximum Gasteiger partial charge on any atom is 0.379 e. The van der Waals surface area contributed by atoms with Crippen LogP contribution in [0.3, 0.4) is 0 Å². The summed E-state index contributed by atoms with van der Waals surface area (Å²) in [6.07, 6.45) is -0.328. The van der Waals surface area contributed by atoms with Crippen molar-refractivity contribution in [2.75, 3.05) is 13.7 Å². The number of ether oxygens (including phenoxy) is 2. The van der Waals surface area contributed by atoms with Crippen molar-refractivity contribution in [1.82, 2.24) is 10.1 Å². The van der Waals surface area contributed by atoms with Crippen LogP contribution in [0.5, 0.6) is 0 Å². The molecule has 1 aromatic heterocycles. The number of hydrogen-bond donors (Lipinski definition) is 0. The van der Waals surface area contributed by atoms with E-state index in [1.807, 2.05) is 0 Å². The molecule has 1 unspecified atom stereocenters. The largest absolute Gasteiger partial charge is 0.460 e. The number of carbonyl (C=O) groups excluding carboxylic acids is 1. The number of rotatable bonds is 4. The molecule has 1 atom stereocenters. The van der Waals surface area contributed by atoms with E-state index in [9.17, 15) is 4.79 Å². The fraction of sp³-hybridized carbons (Fsp3) is 0.625. The molecule has 0 radical (unpaired) electrons. The molecule has 1 rings (SSSR count). The zero-order valence-corrected chi connectivity index (χ0v) is 8.31. The third kappa shape index (κ3) is 2.29. The van der Waals surface area contributed by atoms with Crippen LogP contribution in [0.4, 0.5) is 0 Å². The number of methoxy groups -OCH3 is 1. The summed E-state index contributed by atoms with van der Waals surface area (Å²) >= 11 is 0. The first-order valence-corrected chi connectivity index (χ1v) is 4.22. The minimum Gasteiger partial charge on any atom is -0.460 e. The standard InChI is InChI=1S/C8H12N2O4/c1-4-13-8(11)6-9-7(14-10-6)5(2)12-3/h5H,4H2,1-3H3. The highest BCUT2D eigenvalue weighted by molar-refractivity contribution is 5.84. The highest BCUT2D eigenvalue weighted by atomic mass is 16.5. The molecule has 14 heavy (non-hydrogen) atoms. The molecule has 0 amide bonds. The fourth-order valence-corrected chi connectivity index (χ4v) is 0.780. The molecule has 0 aliphatic rings. The predicted octanol–water partition coefficient (Wildman–Crippen LogP) is 0.954. The second kappa shape index (κ2) is 4.71. The number of carbonyl (C=O) groups is 1. The summed E-state index contributed by atoms with van der Waals surface area (Å²) in [5.41, 5.74) is 0. The minimum absolute atomic E-state index is 0.0780. The van der Waals surface area contributed by atoms with Gasteiger partial charge in [0.15, 0.2) is 0 Å². The van der Waals surface area contributed by atoms with Gasteiger partial charge in [0, 0.05) is 7.11 Å². The molecule has 0 aliphatic heterocycles. The second-order valence-corrected chi connectivity index (χ2v) is 2.55. The van der Waals surface area contributed by atoms with Crippen LogP contribution in [0.25, 0.3) is 0 Å². The number of nitrogens with zero attached hydrogens (tertiary/aromatic N) is 2. The van der Waals surface area contributed by atoms with Crippen molar-refractivity contribution in [3.63, 3.8) is 0 Å². The first-order chi connectivity index (χ1) is 6.69. The highest BCUT2D eigenvalue weighted by Crippen LogP contribution is 2.12. The first-order valence-electron chi connectivity index (χ1n) is 4.22. The third-order valence-corrected chi connectivity index (χ3v) is 1.60. The minimum atomic E-state index is -0.592. The van der Waals surface area contributed by atoms with E-state index < -0.39 is 5.97 Å². The summed E-state index contributed by atoms with van der Waals surface area (Å²) in [5, 5.41) is 3.46. The molecule has 0 saturated heterocycles. The van der Waals surface area contributed by atoms with Crippen LogP contribution in [-0.4, -0.2) is 29.8 Å². The molecule has 78 valence electrons. The summed E-state index contributed by atoms with van der Waals surface area (Å²) in [7, 11) is 1.51. The van der Waals surface area contributed by atoms with E-state index in [1.54, 1.807) is 13.8 Å². The lowest BCUT2D eigenvalue weighted by Crippen LogP contribution is -2.07. The summed E-state index contributed by atoms with van der Waals surface area (Å²) in [5.74, 6) is -0.410. The maximum absolute atomic E-state index is 11.1. The lowest BCUT2D eigenvalue weighted by Gasteiger charge is -2.00. The average Bonchev–Trinajstić information content (AvgIpc) is 2.66. The Bertz CT molecular complexity index is 310. The van der Waals surface area contributed by atoms with Crippen LogP contribution >= 0.6 is 0 Å². The van der Waals surface area contributed by atoms with E-state index in [2.05, 4.69) is 14.9 Å². The molecule has 0 fully saturated rings. The van der Waals surface area contributed by atoms with Gasteiger partial charge in [0.1, 0.15) is 6.10 Å². The average molecular weight is 200 g/mol. The van der Waals surface area contributed by atoms with Crippen molar-refractivity contribution < 1.29 is 18.8 Å². The van der Waals surface area contributed by atoms with Gasteiger partial charge in [-0.05, 0) is 19.0 Å². The molecule has 0 saturated carbocycles. The van der Waals surface area contributed by atoms with Crippen molar-refractivity contribution in [1.29, 1.82) is 0 Å². The summed E-state index contributed by atoms with van der Waals surface area (Å²) in [4.78, 5) is 14.9. The fourth-order valence-electron chi connectivity index (χ4n) is 0.780. The third-order valence-electron chi connectivity index (χ3n) is 1.60. The Morgan fingerprint density at radius 2 is 2.36 bits per heavy atom. The Morgan fingerprint density at radius 3 is 2.93 bits per heavy atom. The van der Waals surface area contributed by atoms with Gasteiger partial charge in [0.2, 0.25) is 0 Å². The van der Waals surface area contributed by atoms with Crippen molar-refractivity contribution in [3.05, 3.63) is 11.7 Å². The van der Waals surface area contributed by atoms with E-state index in [4.69, 9.17) is 9.26 Å². The first kappa shape index (κ1) is 10.6. The van der Waals surface area contributed by atoms with Crippen molar-refractivity contribution in [2.24, 2.45) is 0 Å². The van der Waals surface area contributed by atoms with Gasteiger partial charge in [0.05, 0.1) is 6.61 Å². The van der Waals surface area contributed by atoms with Gasteiger partial charge in [-0.1, -0.05) is 0 Å². The molecule has 0 aromatic carbocycles. The van der Waals surface area contributed by atoms with Gasteiger partial charge in [-0.3, -0.25) is 0 Å². The quantitative estimate of drug-likeness (QED) is 0.674. The van der Waals surface area contributed by atoms with Gasteiger partial charge < -0.3 is 14.0 Å². The van der Waals surface area contributed by atoms with Crippen molar-refractivity contribution in [2.45, 2.75) is 20.0 Å². The van der Waals surface area contributed by atoms with Crippen LogP contribution in [0.1, 0.15) is 36.5 Å². The molecule has 0 spiro atoms. The van der Waals surface area contributed by atoms with Crippen LogP contribution < -0.4 is 0 Å². The zero-order chi connectivity index (χ0) is 10.6. The lowest BCUT2D eigenvalue weighted by molar-refractivity contribution is 0.0508. The molecule has 1 aromatic rings. The molecular formula is C8H12N2O4. The van der Waals surface area contributed by atoms with Crippen LogP contribution in [0, 0.1) is 0 Å². The van der Waals surface area contributed by atoms with Crippen molar-refractivity contribution in [3.8, 4) is 0 Å². The summed E-state index contributed by atoms with van der Waals surface area (Å²) in [6.45, 7) is 3.72. The topological polar surface area (TPSA) is 74.5 Å². The SMILES string of the molecule is CCOC(=O)c1noc(C(C)OC)n1. The van der Waals surface area contributed by atoms with Crippen LogP contribution in [0.15, 0.2) is 4.52 Å². The van der Waals surface area contributed by atoms with E-state index in [-0.39, 0.29) is 24.4 Å². The van der Waals surface area contributed by atoms with Gasteiger partial charge in [-0.15, -0.1) is 0 Å². The number of esters is 1.